The van der Waals surface area contributed by atoms with Gasteiger partial charge in [0.05, 0.1) is 12.7 Å². The summed E-state index contributed by atoms with van der Waals surface area (Å²) in [6, 6.07) is 10.1. The molecule has 2 fully saturated rings. The summed E-state index contributed by atoms with van der Waals surface area (Å²) in [6.45, 7) is 12.9. The molecule has 1 aliphatic carbocycles. The quantitative estimate of drug-likeness (QED) is 0.387. The topological polar surface area (TPSA) is 61.8 Å². The number of benzene rings is 1. The second-order valence-corrected chi connectivity index (χ2v) is 14.7. The summed E-state index contributed by atoms with van der Waals surface area (Å²) in [5.41, 5.74) is 1.10. The van der Waals surface area contributed by atoms with Crippen LogP contribution in [0.15, 0.2) is 30.3 Å². The molecule has 0 unspecified atom stereocenters. The molecule has 0 aromatic heterocycles. The van der Waals surface area contributed by atoms with Crippen molar-refractivity contribution >= 4 is 20.1 Å². The zero-order chi connectivity index (χ0) is 21.4. The van der Waals surface area contributed by atoms with Crippen LogP contribution in [0.2, 0.25) is 18.1 Å². The molecule has 6 heteroatoms. The lowest BCUT2D eigenvalue weighted by Gasteiger charge is -2.45. The molecule has 0 bridgehead atoms. The fraction of sp³-hybridized carbons (Fsp3) is 0.652. The summed E-state index contributed by atoms with van der Waals surface area (Å²) in [5, 5.41) is 0.0204. The minimum atomic E-state index is -2.13. The smallest absolute Gasteiger partial charge is 0.317 e. The molecule has 1 heterocycles. The highest BCUT2D eigenvalue weighted by molar-refractivity contribution is 6.74. The number of fused-ring (bicyclic) bond motifs is 1. The van der Waals surface area contributed by atoms with E-state index in [0.29, 0.717) is 6.61 Å². The summed E-state index contributed by atoms with van der Waals surface area (Å²) in [4.78, 5) is 24.5. The van der Waals surface area contributed by atoms with E-state index < -0.39 is 26.3 Å². The molecule has 0 radical (unpaired) electrons. The van der Waals surface area contributed by atoms with Gasteiger partial charge < -0.3 is 13.9 Å². The zero-order valence-corrected chi connectivity index (χ0v) is 19.4. The highest BCUT2D eigenvalue weighted by atomic mass is 28.4. The van der Waals surface area contributed by atoms with Crippen LogP contribution in [0.25, 0.3) is 0 Å². The van der Waals surface area contributed by atoms with Gasteiger partial charge in [0, 0.05) is 5.92 Å². The van der Waals surface area contributed by atoms with Crippen LogP contribution in [0.3, 0.4) is 0 Å². The highest BCUT2D eigenvalue weighted by Crippen LogP contribution is 2.45. The number of ketones is 1. The van der Waals surface area contributed by atoms with Gasteiger partial charge in [0.25, 0.3) is 0 Å². The fourth-order valence-electron chi connectivity index (χ4n) is 4.12. The molecule has 0 N–H and O–H groups in total. The van der Waals surface area contributed by atoms with Gasteiger partial charge in [0.15, 0.2) is 8.32 Å². The monoisotopic (exact) mass is 418 g/mol. The summed E-state index contributed by atoms with van der Waals surface area (Å²) < 4.78 is 18.8. The minimum absolute atomic E-state index is 0.0204. The van der Waals surface area contributed by atoms with Crippen LogP contribution in [-0.2, 0) is 30.1 Å². The Kier molecular flexibility index (Phi) is 6.37. The van der Waals surface area contributed by atoms with Gasteiger partial charge in [-0.15, -0.1) is 0 Å². The summed E-state index contributed by atoms with van der Waals surface area (Å²) in [5.74, 6) is -1.30. The van der Waals surface area contributed by atoms with Gasteiger partial charge in [-0.3, -0.25) is 9.59 Å². The van der Waals surface area contributed by atoms with Gasteiger partial charge in [0.1, 0.15) is 23.9 Å². The lowest BCUT2D eigenvalue weighted by atomic mass is 9.76. The molecular weight excluding hydrogens is 384 g/mol. The van der Waals surface area contributed by atoms with Gasteiger partial charge in [-0.2, -0.15) is 0 Å². The fourth-order valence-corrected chi connectivity index (χ4v) is 5.44. The Labute approximate surface area is 175 Å². The summed E-state index contributed by atoms with van der Waals surface area (Å²) >= 11 is 0. The SMILES string of the molecule is CC(=O)[C@@H]1C(=O)O[C@@H]2[C@H]1CC[C@@H](OCc1ccccc1)[C@H]2O[Si](C)(C)C(C)(C)C. The van der Waals surface area contributed by atoms with E-state index in [1.54, 1.807) is 0 Å². The van der Waals surface area contributed by atoms with E-state index in [4.69, 9.17) is 13.9 Å². The molecule has 3 rings (SSSR count). The molecule has 1 aliphatic heterocycles. The predicted molar refractivity (Wildman–Crippen MR) is 114 cm³/mol. The molecule has 1 saturated carbocycles. The number of hydrogen-bond acceptors (Lipinski definition) is 5. The molecule has 1 saturated heterocycles. The van der Waals surface area contributed by atoms with E-state index >= 15 is 0 Å². The van der Waals surface area contributed by atoms with E-state index in [-0.39, 0.29) is 28.9 Å². The van der Waals surface area contributed by atoms with Crippen molar-refractivity contribution in [2.75, 3.05) is 0 Å². The van der Waals surface area contributed by atoms with Gasteiger partial charge in [-0.1, -0.05) is 51.1 Å². The predicted octanol–water partition coefficient (Wildman–Crippen LogP) is 4.50. The molecule has 5 atom stereocenters. The van der Waals surface area contributed by atoms with Gasteiger partial charge in [-0.05, 0) is 43.5 Å². The minimum Gasteiger partial charge on any atom is -0.459 e. The van der Waals surface area contributed by atoms with Crippen molar-refractivity contribution in [3.63, 3.8) is 0 Å². The van der Waals surface area contributed by atoms with Crippen LogP contribution >= 0.6 is 0 Å². The van der Waals surface area contributed by atoms with E-state index in [0.717, 1.165) is 18.4 Å². The Bertz CT molecular complexity index is 739. The maximum atomic E-state index is 12.4. The van der Waals surface area contributed by atoms with Crippen molar-refractivity contribution in [3.05, 3.63) is 35.9 Å². The lowest BCUT2D eigenvalue weighted by Crippen LogP contribution is -2.55. The second kappa shape index (κ2) is 8.32. The number of rotatable bonds is 6. The van der Waals surface area contributed by atoms with Crippen LogP contribution in [-0.4, -0.2) is 38.4 Å². The molecular formula is C23H34O5Si. The van der Waals surface area contributed by atoms with Gasteiger partial charge in [0.2, 0.25) is 0 Å². The first-order valence-electron chi connectivity index (χ1n) is 10.6. The molecule has 29 heavy (non-hydrogen) atoms. The summed E-state index contributed by atoms with van der Waals surface area (Å²) in [6.07, 6.45) is 0.571. The Balaban J connectivity index is 1.84. The third-order valence-corrected chi connectivity index (χ3v) is 11.3. The van der Waals surface area contributed by atoms with Crippen molar-refractivity contribution in [1.82, 2.24) is 0 Å². The van der Waals surface area contributed by atoms with Crippen molar-refractivity contribution in [3.8, 4) is 0 Å². The maximum absolute atomic E-state index is 12.4. The van der Waals surface area contributed by atoms with Gasteiger partial charge >= 0.3 is 5.97 Å². The van der Waals surface area contributed by atoms with Crippen LogP contribution in [0.1, 0.15) is 46.1 Å². The van der Waals surface area contributed by atoms with Crippen LogP contribution in [0.5, 0.6) is 0 Å². The number of hydrogen-bond donors (Lipinski definition) is 0. The second-order valence-electron chi connectivity index (χ2n) is 9.91. The average Bonchev–Trinajstić information content (AvgIpc) is 2.97. The molecule has 0 amide bonds. The van der Waals surface area contributed by atoms with E-state index in [9.17, 15) is 9.59 Å². The number of Topliss-reactive ketones (excluding diaryl/α,β-unsaturated/α-hetero) is 1. The molecule has 160 valence electrons. The Hall–Kier alpha value is -1.50. The largest absolute Gasteiger partial charge is 0.459 e. The van der Waals surface area contributed by atoms with Crippen molar-refractivity contribution < 1.29 is 23.5 Å². The number of carbonyl (C=O) groups is 2. The van der Waals surface area contributed by atoms with Crippen molar-refractivity contribution in [1.29, 1.82) is 0 Å². The molecule has 0 spiro atoms. The van der Waals surface area contributed by atoms with Crippen molar-refractivity contribution in [2.24, 2.45) is 11.8 Å². The lowest BCUT2D eigenvalue weighted by molar-refractivity contribution is -0.157. The highest BCUT2D eigenvalue weighted by Gasteiger charge is 2.56. The number of ether oxygens (including phenoxy) is 2. The molecule has 2 aliphatic rings. The average molecular weight is 419 g/mol. The van der Waals surface area contributed by atoms with Crippen LogP contribution in [0, 0.1) is 11.8 Å². The maximum Gasteiger partial charge on any atom is 0.317 e. The van der Waals surface area contributed by atoms with Gasteiger partial charge in [-0.25, -0.2) is 0 Å². The van der Waals surface area contributed by atoms with E-state index in [1.807, 2.05) is 30.3 Å². The number of carbonyl (C=O) groups excluding carboxylic acids is 2. The Morgan fingerprint density at radius 2 is 1.83 bits per heavy atom. The van der Waals surface area contributed by atoms with Crippen molar-refractivity contribution in [2.45, 2.75) is 83.6 Å². The van der Waals surface area contributed by atoms with Crippen LogP contribution < -0.4 is 0 Å². The van der Waals surface area contributed by atoms with E-state index in [1.165, 1.54) is 6.92 Å². The van der Waals surface area contributed by atoms with E-state index in [2.05, 4.69) is 33.9 Å². The third-order valence-electron chi connectivity index (χ3n) is 6.81. The first-order valence-corrected chi connectivity index (χ1v) is 13.5. The first kappa shape index (κ1) is 22.2. The zero-order valence-electron chi connectivity index (χ0n) is 18.4. The molecule has 1 aromatic carbocycles. The Morgan fingerprint density at radius 3 is 2.41 bits per heavy atom. The normalized spacial score (nSPS) is 30.0. The first-order chi connectivity index (χ1) is 13.5. The standard InChI is InChI=1S/C23H34O5Si/c1-15(24)19-17-12-13-18(26-14-16-10-8-7-9-11-16)21(20(17)27-22(19)25)28-29(5,6)23(2,3)4/h7-11,17-21H,12-14H2,1-6H3/t17-,18+,19-,20+,21+/m0/s1. The Morgan fingerprint density at radius 1 is 1.17 bits per heavy atom. The van der Waals surface area contributed by atoms with Crippen LogP contribution in [0.4, 0.5) is 0 Å². The molecule has 1 aromatic rings. The third kappa shape index (κ3) is 4.65. The summed E-state index contributed by atoms with van der Waals surface area (Å²) in [7, 11) is -2.13. The molecule has 5 nitrogen and oxygen atoms in total. The number of esters is 1.